The van der Waals surface area contributed by atoms with Crippen molar-refractivity contribution in [1.82, 2.24) is 25.3 Å². The third kappa shape index (κ3) is 3.63. The summed E-state index contributed by atoms with van der Waals surface area (Å²) < 4.78 is 5.03. The van der Waals surface area contributed by atoms with Gasteiger partial charge in [-0.1, -0.05) is 0 Å². The molecule has 2 heterocycles. The van der Waals surface area contributed by atoms with E-state index in [4.69, 9.17) is 4.74 Å². The topological polar surface area (TPSA) is 93.1 Å². The Morgan fingerprint density at radius 3 is 2.71 bits per heavy atom. The van der Waals surface area contributed by atoms with E-state index in [0.29, 0.717) is 22.3 Å². The zero-order valence-electron chi connectivity index (χ0n) is 12.2. The van der Waals surface area contributed by atoms with Gasteiger partial charge in [0.1, 0.15) is 4.88 Å². The smallest absolute Gasteiger partial charge is 0.321 e. The van der Waals surface area contributed by atoms with Crippen LogP contribution in [-0.2, 0) is 6.54 Å². The van der Waals surface area contributed by atoms with Gasteiger partial charge in [0.15, 0.2) is 5.82 Å². The number of nitrogens with zero attached hydrogens (tertiary/aromatic N) is 5. The van der Waals surface area contributed by atoms with Gasteiger partial charge < -0.3 is 15.0 Å². The fourth-order valence-corrected chi connectivity index (χ4v) is 2.23. The number of amides is 1. The van der Waals surface area contributed by atoms with Gasteiger partial charge in [-0.25, -0.2) is 4.98 Å². The minimum atomic E-state index is -0.194. The van der Waals surface area contributed by atoms with Crippen LogP contribution < -0.4 is 15.0 Å². The number of carbonyl (C=O) groups is 1. The lowest BCUT2D eigenvalue weighted by Gasteiger charge is -2.12. The van der Waals surface area contributed by atoms with Crippen LogP contribution in [0.2, 0.25) is 0 Å². The Morgan fingerprint density at radius 2 is 2.14 bits per heavy atom. The lowest BCUT2D eigenvalue weighted by atomic mass is 10.4. The molecule has 2 rings (SSSR count). The van der Waals surface area contributed by atoms with E-state index >= 15 is 0 Å². The molecule has 0 spiro atoms. The van der Waals surface area contributed by atoms with Gasteiger partial charge >= 0.3 is 6.01 Å². The van der Waals surface area contributed by atoms with Crippen molar-refractivity contribution in [3.63, 3.8) is 0 Å². The van der Waals surface area contributed by atoms with E-state index in [1.165, 1.54) is 18.4 Å². The molecular formula is C12H16N6O2S. The van der Waals surface area contributed by atoms with Crippen LogP contribution in [0.1, 0.15) is 21.2 Å². The molecule has 0 radical (unpaired) electrons. The Labute approximate surface area is 126 Å². The number of hydrogen-bond acceptors (Lipinski definition) is 8. The second-order valence-corrected chi connectivity index (χ2v) is 5.24. The molecule has 0 atom stereocenters. The van der Waals surface area contributed by atoms with Gasteiger partial charge in [-0.2, -0.15) is 15.0 Å². The second-order valence-electron chi connectivity index (χ2n) is 4.38. The Kier molecular flexibility index (Phi) is 4.63. The van der Waals surface area contributed by atoms with E-state index in [0.717, 1.165) is 0 Å². The first-order valence-corrected chi connectivity index (χ1v) is 7.03. The van der Waals surface area contributed by atoms with Crippen LogP contribution >= 0.6 is 11.3 Å². The summed E-state index contributed by atoms with van der Waals surface area (Å²) in [4.78, 5) is 30.9. The summed E-state index contributed by atoms with van der Waals surface area (Å²) in [5.41, 5.74) is 2.35. The molecular weight excluding hydrogens is 292 g/mol. The minimum absolute atomic E-state index is 0.190. The zero-order chi connectivity index (χ0) is 15.4. The largest absolute Gasteiger partial charge is 0.467 e. The summed E-state index contributed by atoms with van der Waals surface area (Å²) in [6.07, 6.45) is 0. The lowest BCUT2D eigenvalue weighted by Crippen LogP contribution is -2.25. The first-order chi connectivity index (χ1) is 10.0. The van der Waals surface area contributed by atoms with Gasteiger partial charge in [0.2, 0.25) is 5.95 Å². The molecule has 0 aliphatic rings. The number of thiazole rings is 1. The zero-order valence-corrected chi connectivity index (χ0v) is 13.1. The first-order valence-electron chi connectivity index (χ1n) is 6.15. The molecule has 1 N–H and O–H groups in total. The molecule has 2 aromatic heterocycles. The summed E-state index contributed by atoms with van der Waals surface area (Å²) in [6.45, 7) is 1.98. The Morgan fingerprint density at radius 1 is 1.38 bits per heavy atom. The molecule has 0 aromatic carbocycles. The number of hydrogen-bond donors (Lipinski definition) is 1. The molecule has 0 bridgehead atoms. The van der Waals surface area contributed by atoms with Gasteiger partial charge in [-0.15, -0.1) is 11.3 Å². The standard InChI is InChI=1S/C12H16N6O2S/c1-7-9(21-6-14-7)10(19)13-5-8-15-11(18(2)3)17-12(16-8)20-4/h6H,5H2,1-4H3,(H,13,19). The predicted molar refractivity (Wildman–Crippen MR) is 78.7 cm³/mol. The van der Waals surface area contributed by atoms with Gasteiger partial charge in [0.05, 0.1) is 24.9 Å². The number of anilines is 1. The monoisotopic (exact) mass is 308 g/mol. The Balaban J connectivity index is 2.11. The summed E-state index contributed by atoms with van der Waals surface area (Å²) in [7, 11) is 5.12. The molecule has 1 amide bonds. The molecule has 112 valence electrons. The number of ether oxygens (including phenoxy) is 1. The van der Waals surface area contributed by atoms with E-state index in [1.807, 2.05) is 14.1 Å². The van der Waals surface area contributed by atoms with E-state index < -0.39 is 0 Å². The van der Waals surface area contributed by atoms with E-state index in [2.05, 4.69) is 25.3 Å². The average molecular weight is 308 g/mol. The van der Waals surface area contributed by atoms with Crippen molar-refractivity contribution in [2.24, 2.45) is 0 Å². The van der Waals surface area contributed by atoms with E-state index in [9.17, 15) is 4.79 Å². The first kappa shape index (κ1) is 15.1. The predicted octanol–water partition coefficient (Wildman–Crippen LogP) is 0.641. The average Bonchev–Trinajstić information content (AvgIpc) is 2.90. The van der Waals surface area contributed by atoms with E-state index in [1.54, 1.807) is 17.3 Å². The highest BCUT2D eigenvalue weighted by Crippen LogP contribution is 2.12. The summed E-state index contributed by atoms with van der Waals surface area (Å²) in [5, 5.41) is 2.76. The van der Waals surface area contributed by atoms with Crippen molar-refractivity contribution in [3.05, 3.63) is 21.9 Å². The van der Waals surface area contributed by atoms with Crippen molar-refractivity contribution in [2.45, 2.75) is 13.5 Å². The fourth-order valence-electron chi connectivity index (χ4n) is 1.52. The second kappa shape index (κ2) is 6.44. The highest BCUT2D eigenvalue weighted by atomic mass is 32.1. The molecule has 21 heavy (non-hydrogen) atoms. The van der Waals surface area contributed by atoms with Crippen LogP contribution in [0.15, 0.2) is 5.51 Å². The Bertz CT molecular complexity index is 642. The molecule has 2 aromatic rings. The molecule has 0 aliphatic heterocycles. The maximum absolute atomic E-state index is 12.0. The van der Waals surface area contributed by atoms with Crippen molar-refractivity contribution in [3.8, 4) is 6.01 Å². The van der Waals surface area contributed by atoms with Gasteiger partial charge in [0, 0.05) is 14.1 Å². The molecule has 0 saturated heterocycles. The molecule has 0 saturated carbocycles. The maximum Gasteiger partial charge on any atom is 0.321 e. The van der Waals surface area contributed by atoms with Crippen LogP contribution in [0.5, 0.6) is 6.01 Å². The highest BCUT2D eigenvalue weighted by Gasteiger charge is 2.13. The van der Waals surface area contributed by atoms with Crippen LogP contribution in [-0.4, -0.2) is 47.0 Å². The number of rotatable bonds is 5. The van der Waals surface area contributed by atoms with Crippen LogP contribution in [0.4, 0.5) is 5.95 Å². The molecule has 0 unspecified atom stereocenters. The van der Waals surface area contributed by atoms with Crippen molar-refractivity contribution < 1.29 is 9.53 Å². The number of aryl methyl sites for hydroxylation is 1. The fraction of sp³-hybridized carbons (Fsp3) is 0.417. The lowest BCUT2D eigenvalue weighted by molar-refractivity contribution is 0.0953. The minimum Gasteiger partial charge on any atom is -0.467 e. The van der Waals surface area contributed by atoms with Gasteiger partial charge in [-0.3, -0.25) is 4.79 Å². The van der Waals surface area contributed by atoms with Crippen LogP contribution in [0, 0.1) is 6.92 Å². The summed E-state index contributed by atoms with van der Waals surface area (Å²) >= 11 is 1.30. The number of aromatic nitrogens is 4. The molecule has 0 fully saturated rings. The van der Waals surface area contributed by atoms with E-state index in [-0.39, 0.29) is 18.5 Å². The molecule has 9 heteroatoms. The van der Waals surface area contributed by atoms with Crippen LogP contribution in [0.3, 0.4) is 0 Å². The molecule has 0 aliphatic carbocycles. The summed E-state index contributed by atoms with van der Waals surface area (Å²) in [5.74, 6) is 0.710. The third-order valence-electron chi connectivity index (χ3n) is 2.59. The van der Waals surface area contributed by atoms with Gasteiger partial charge in [-0.05, 0) is 6.92 Å². The Hall–Kier alpha value is -2.29. The van der Waals surface area contributed by atoms with Crippen molar-refractivity contribution >= 4 is 23.2 Å². The number of methoxy groups -OCH3 is 1. The normalized spacial score (nSPS) is 10.3. The van der Waals surface area contributed by atoms with Crippen LogP contribution in [0.25, 0.3) is 0 Å². The van der Waals surface area contributed by atoms with Crippen molar-refractivity contribution in [1.29, 1.82) is 0 Å². The summed E-state index contributed by atoms with van der Waals surface area (Å²) in [6, 6.07) is 0.215. The SMILES string of the molecule is COc1nc(CNC(=O)c2scnc2C)nc(N(C)C)n1. The maximum atomic E-state index is 12.0. The third-order valence-corrected chi connectivity index (χ3v) is 3.52. The van der Waals surface area contributed by atoms with Gasteiger partial charge in [0.25, 0.3) is 5.91 Å². The number of nitrogens with one attached hydrogen (secondary N) is 1. The quantitative estimate of drug-likeness (QED) is 0.866. The van der Waals surface area contributed by atoms with Crippen molar-refractivity contribution in [2.75, 3.05) is 26.1 Å². The highest BCUT2D eigenvalue weighted by molar-refractivity contribution is 7.11. The number of carbonyl (C=O) groups excluding carboxylic acids is 1. The molecule has 8 nitrogen and oxygen atoms in total.